The zero-order valence-corrected chi connectivity index (χ0v) is 19.4. The Labute approximate surface area is 195 Å². The normalized spacial score (nSPS) is 25.6. The van der Waals surface area contributed by atoms with Crippen LogP contribution in [0.15, 0.2) is 40.1 Å². The van der Waals surface area contributed by atoms with Crippen LogP contribution in [-0.4, -0.2) is 77.7 Å². The molecule has 3 heterocycles. The highest BCUT2D eigenvalue weighted by Gasteiger charge is 2.44. The maximum absolute atomic E-state index is 10.5. The molecule has 0 saturated carbocycles. The maximum atomic E-state index is 10.5. The van der Waals surface area contributed by atoms with E-state index in [1.807, 2.05) is 44.4 Å². The first-order valence-corrected chi connectivity index (χ1v) is 11.9. The molecule has 178 valence electrons. The second kappa shape index (κ2) is 9.92. The van der Waals surface area contributed by atoms with Crippen molar-refractivity contribution in [3.05, 3.63) is 47.3 Å². The Kier molecular flexibility index (Phi) is 7.17. The minimum atomic E-state index is -1.46. The average Bonchev–Trinajstić information content (AvgIpc) is 3.46. The molecule has 0 unspecified atom stereocenters. The standard InChI is InChI=1S/C22H28N4O6S/c1-11(2)16-14(8-12-4-6-13(7-5-12)20-23-24-22(32-20)33-3)9-26(25-16)21-19(30)18(29)17(28)15(10-27)31-21/h4-7,9,11,15,17-19,21,27-30H,8,10H2,1-3H3/t15-,17-,18+,19-,21-/m1/s1. The molecule has 3 aromatic rings. The third-order valence-electron chi connectivity index (χ3n) is 5.69. The van der Waals surface area contributed by atoms with Gasteiger partial charge in [-0.1, -0.05) is 37.7 Å². The van der Waals surface area contributed by atoms with Crippen molar-refractivity contribution in [2.45, 2.75) is 62.1 Å². The lowest BCUT2D eigenvalue weighted by Gasteiger charge is -2.39. The van der Waals surface area contributed by atoms with E-state index in [0.29, 0.717) is 17.5 Å². The first kappa shape index (κ1) is 23.9. The van der Waals surface area contributed by atoms with Crippen LogP contribution in [0, 0.1) is 0 Å². The summed E-state index contributed by atoms with van der Waals surface area (Å²) in [6.45, 7) is 3.55. The Morgan fingerprint density at radius 3 is 2.39 bits per heavy atom. The number of hydrogen-bond acceptors (Lipinski definition) is 10. The van der Waals surface area contributed by atoms with Gasteiger partial charge >= 0.3 is 0 Å². The molecule has 10 nitrogen and oxygen atoms in total. The van der Waals surface area contributed by atoms with Crippen molar-refractivity contribution in [3.63, 3.8) is 0 Å². The monoisotopic (exact) mass is 476 g/mol. The van der Waals surface area contributed by atoms with Crippen LogP contribution in [0.4, 0.5) is 0 Å². The largest absolute Gasteiger partial charge is 0.411 e. The van der Waals surface area contributed by atoms with Crippen molar-refractivity contribution in [3.8, 4) is 11.5 Å². The van der Waals surface area contributed by atoms with E-state index in [2.05, 4.69) is 15.3 Å². The number of aliphatic hydroxyl groups is 4. The van der Waals surface area contributed by atoms with E-state index >= 15 is 0 Å². The quantitative estimate of drug-likeness (QED) is 0.368. The molecule has 0 spiro atoms. The van der Waals surface area contributed by atoms with Gasteiger partial charge in [-0.3, -0.25) is 0 Å². The maximum Gasteiger partial charge on any atom is 0.276 e. The fraction of sp³-hybridized carbons (Fsp3) is 0.500. The molecule has 0 amide bonds. The second-order valence-electron chi connectivity index (χ2n) is 8.34. The summed E-state index contributed by atoms with van der Waals surface area (Å²) >= 11 is 1.39. The van der Waals surface area contributed by atoms with Crippen molar-refractivity contribution in [2.24, 2.45) is 0 Å². The number of nitrogens with zero attached hydrogens (tertiary/aromatic N) is 4. The van der Waals surface area contributed by atoms with Gasteiger partial charge in [-0.2, -0.15) is 5.10 Å². The van der Waals surface area contributed by atoms with Crippen LogP contribution >= 0.6 is 11.8 Å². The predicted molar refractivity (Wildman–Crippen MR) is 120 cm³/mol. The molecule has 1 aliphatic heterocycles. The highest BCUT2D eigenvalue weighted by atomic mass is 32.2. The summed E-state index contributed by atoms with van der Waals surface area (Å²) in [6.07, 6.45) is -2.05. The van der Waals surface area contributed by atoms with Crippen molar-refractivity contribution in [2.75, 3.05) is 12.9 Å². The van der Waals surface area contributed by atoms with Gasteiger partial charge in [-0.25, -0.2) is 4.68 Å². The van der Waals surface area contributed by atoms with Crippen LogP contribution in [-0.2, 0) is 11.2 Å². The number of benzene rings is 1. The van der Waals surface area contributed by atoms with E-state index in [-0.39, 0.29) is 5.92 Å². The summed E-state index contributed by atoms with van der Waals surface area (Å²) in [5.74, 6) is 0.568. The van der Waals surface area contributed by atoms with Gasteiger partial charge in [0.1, 0.15) is 24.4 Å². The number of aromatic nitrogens is 4. The average molecular weight is 477 g/mol. The van der Waals surface area contributed by atoms with Crippen molar-refractivity contribution >= 4 is 11.8 Å². The van der Waals surface area contributed by atoms with Crippen molar-refractivity contribution in [1.29, 1.82) is 0 Å². The van der Waals surface area contributed by atoms with Gasteiger partial charge in [-0.05, 0) is 35.4 Å². The summed E-state index contributed by atoms with van der Waals surface area (Å²) in [6, 6.07) is 7.80. The molecule has 2 aromatic heterocycles. The van der Waals surface area contributed by atoms with E-state index < -0.39 is 37.3 Å². The number of rotatable bonds is 7. The molecule has 1 fully saturated rings. The van der Waals surface area contributed by atoms with Gasteiger partial charge in [-0.15, -0.1) is 10.2 Å². The summed E-state index contributed by atoms with van der Waals surface area (Å²) < 4.78 is 12.7. The Hall–Kier alpha value is -2.28. The SMILES string of the molecule is CSc1nnc(-c2ccc(Cc3cn([C@@H]4O[C@H](CO)[C@@H](O)[C@H](O)[C@H]4O)nc3C(C)C)cc2)o1. The Morgan fingerprint density at radius 1 is 1.06 bits per heavy atom. The lowest BCUT2D eigenvalue weighted by molar-refractivity contribution is -0.254. The van der Waals surface area contributed by atoms with Gasteiger partial charge in [0, 0.05) is 18.2 Å². The first-order valence-electron chi connectivity index (χ1n) is 10.7. The second-order valence-corrected chi connectivity index (χ2v) is 9.10. The fourth-order valence-electron chi connectivity index (χ4n) is 3.89. The molecule has 5 atom stereocenters. The summed E-state index contributed by atoms with van der Waals surface area (Å²) in [5, 5.41) is 53.2. The molecule has 11 heteroatoms. The smallest absolute Gasteiger partial charge is 0.276 e. The van der Waals surface area contributed by atoms with Gasteiger partial charge < -0.3 is 29.6 Å². The minimum Gasteiger partial charge on any atom is -0.411 e. The van der Waals surface area contributed by atoms with Crippen molar-refractivity contribution < 1.29 is 29.6 Å². The van der Waals surface area contributed by atoms with E-state index in [1.165, 1.54) is 16.4 Å². The van der Waals surface area contributed by atoms with E-state index in [4.69, 9.17) is 9.15 Å². The number of thioether (sulfide) groups is 1. The van der Waals surface area contributed by atoms with Crippen molar-refractivity contribution in [1.82, 2.24) is 20.0 Å². The number of ether oxygens (including phenoxy) is 1. The molecule has 0 radical (unpaired) electrons. The third-order valence-corrected chi connectivity index (χ3v) is 6.21. The number of hydrogen-bond donors (Lipinski definition) is 4. The highest BCUT2D eigenvalue weighted by Crippen LogP contribution is 2.31. The molecule has 1 aromatic carbocycles. The lowest BCUT2D eigenvalue weighted by atomic mass is 9.98. The molecule has 1 aliphatic rings. The van der Waals surface area contributed by atoms with Crippen LogP contribution < -0.4 is 0 Å². The zero-order chi connectivity index (χ0) is 23.7. The lowest BCUT2D eigenvalue weighted by Crippen LogP contribution is -2.56. The summed E-state index contributed by atoms with van der Waals surface area (Å²) in [7, 11) is 0. The number of aliphatic hydroxyl groups excluding tert-OH is 4. The third kappa shape index (κ3) is 4.84. The molecule has 1 saturated heterocycles. The van der Waals surface area contributed by atoms with Gasteiger partial charge in [0.2, 0.25) is 5.89 Å². The van der Waals surface area contributed by atoms with Crippen LogP contribution in [0.2, 0.25) is 0 Å². The van der Waals surface area contributed by atoms with E-state index in [0.717, 1.165) is 22.4 Å². The molecular weight excluding hydrogens is 448 g/mol. The predicted octanol–water partition coefficient (Wildman–Crippen LogP) is 1.34. The van der Waals surface area contributed by atoms with Crippen LogP contribution in [0.1, 0.15) is 42.8 Å². The Morgan fingerprint density at radius 2 is 1.79 bits per heavy atom. The molecule has 0 bridgehead atoms. The molecule has 33 heavy (non-hydrogen) atoms. The first-order chi connectivity index (χ1) is 15.8. The Balaban J connectivity index is 1.57. The van der Waals surface area contributed by atoms with Gasteiger partial charge in [0.15, 0.2) is 6.23 Å². The topological polar surface area (TPSA) is 147 Å². The summed E-state index contributed by atoms with van der Waals surface area (Å²) in [5.41, 5.74) is 3.64. The molecule has 0 aliphatic carbocycles. The zero-order valence-electron chi connectivity index (χ0n) is 18.6. The van der Waals surface area contributed by atoms with E-state index in [9.17, 15) is 20.4 Å². The van der Waals surface area contributed by atoms with Gasteiger partial charge in [0.05, 0.1) is 12.3 Å². The molecule has 4 N–H and O–H groups in total. The van der Waals surface area contributed by atoms with Crippen LogP contribution in [0.3, 0.4) is 0 Å². The summed E-state index contributed by atoms with van der Waals surface area (Å²) in [4.78, 5) is 0. The molecular formula is C22H28N4O6S. The minimum absolute atomic E-state index is 0.105. The fourth-order valence-corrected chi connectivity index (χ4v) is 4.18. The van der Waals surface area contributed by atoms with Crippen LogP contribution in [0.5, 0.6) is 0 Å². The molecule has 4 rings (SSSR count). The highest BCUT2D eigenvalue weighted by molar-refractivity contribution is 7.98. The van der Waals surface area contributed by atoms with Gasteiger partial charge in [0.25, 0.3) is 5.22 Å². The van der Waals surface area contributed by atoms with E-state index in [1.54, 1.807) is 6.20 Å². The Bertz CT molecular complexity index is 1070. The van der Waals surface area contributed by atoms with Crippen LogP contribution in [0.25, 0.3) is 11.5 Å².